The SMILES string of the molecule is C#Cc1ccc(B2OC(C)(C)C(C)(C)O2)cc1.CC. The zero-order chi connectivity index (χ0) is 14.7. The van der Waals surface area contributed by atoms with E-state index in [2.05, 4.69) is 5.92 Å². The van der Waals surface area contributed by atoms with E-state index in [-0.39, 0.29) is 18.3 Å². The normalized spacial score (nSPS) is 19.3. The molecule has 0 radical (unpaired) electrons. The minimum atomic E-state index is -0.313. The Hall–Kier alpha value is -1.24. The molecule has 0 saturated carbocycles. The summed E-state index contributed by atoms with van der Waals surface area (Å²) in [5.74, 6) is 2.60. The van der Waals surface area contributed by atoms with E-state index in [1.807, 2.05) is 65.8 Å². The Bertz CT molecular complexity index is 439. The quantitative estimate of drug-likeness (QED) is 0.569. The summed E-state index contributed by atoms with van der Waals surface area (Å²) >= 11 is 0. The molecule has 0 aromatic heterocycles. The number of rotatable bonds is 1. The van der Waals surface area contributed by atoms with Crippen LogP contribution in [0.25, 0.3) is 0 Å². The second-order valence-electron chi connectivity index (χ2n) is 5.35. The van der Waals surface area contributed by atoms with Crippen molar-refractivity contribution in [3.63, 3.8) is 0 Å². The third-order valence-corrected chi connectivity index (χ3v) is 3.60. The molecule has 0 N–H and O–H groups in total. The summed E-state index contributed by atoms with van der Waals surface area (Å²) in [6.45, 7) is 12.2. The van der Waals surface area contributed by atoms with Crippen LogP contribution in [0.15, 0.2) is 24.3 Å². The van der Waals surface area contributed by atoms with Crippen molar-refractivity contribution in [2.45, 2.75) is 52.7 Å². The molecule has 2 nitrogen and oxygen atoms in total. The molecule has 0 bridgehead atoms. The molecule has 0 amide bonds. The topological polar surface area (TPSA) is 18.5 Å². The minimum absolute atomic E-state index is 0.303. The Balaban J connectivity index is 0.000000861. The smallest absolute Gasteiger partial charge is 0.399 e. The summed E-state index contributed by atoms with van der Waals surface area (Å²) in [7, 11) is -0.313. The van der Waals surface area contributed by atoms with Crippen LogP contribution in [0.1, 0.15) is 47.1 Å². The Kier molecular flexibility index (Phi) is 4.84. The molecule has 19 heavy (non-hydrogen) atoms. The van der Waals surface area contributed by atoms with E-state index in [4.69, 9.17) is 15.7 Å². The molecule has 1 aromatic carbocycles. The highest BCUT2D eigenvalue weighted by atomic mass is 16.7. The number of hydrogen-bond donors (Lipinski definition) is 0. The fraction of sp³-hybridized carbons (Fsp3) is 0.500. The summed E-state index contributed by atoms with van der Waals surface area (Å²) < 4.78 is 11.9. The highest BCUT2D eigenvalue weighted by Crippen LogP contribution is 2.36. The standard InChI is InChI=1S/C14H17BO2.C2H6/c1-6-11-7-9-12(10-8-11)15-16-13(2,3)14(4,5)17-15;1-2/h1,7-10H,2-5H3;1-2H3. The lowest BCUT2D eigenvalue weighted by molar-refractivity contribution is 0.00578. The van der Waals surface area contributed by atoms with Crippen molar-refractivity contribution in [2.75, 3.05) is 0 Å². The van der Waals surface area contributed by atoms with Crippen LogP contribution in [0, 0.1) is 12.3 Å². The van der Waals surface area contributed by atoms with Crippen molar-refractivity contribution >= 4 is 12.6 Å². The minimum Gasteiger partial charge on any atom is -0.399 e. The van der Waals surface area contributed by atoms with Crippen LogP contribution in [-0.4, -0.2) is 18.3 Å². The van der Waals surface area contributed by atoms with Gasteiger partial charge in [-0.1, -0.05) is 31.9 Å². The van der Waals surface area contributed by atoms with Gasteiger partial charge in [0.15, 0.2) is 0 Å². The van der Waals surface area contributed by atoms with E-state index in [0.29, 0.717) is 0 Å². The van der Waals surface area contributed by atoms with Gasteiger partial charge in [-0.25, -0.2) is 0 Å². The van der Waals surface area contributed by atoms with Gasteiger partial charge in [0.1, 0.15) is 0 Å². The van der Waals surface area contributed by atoms with Gasteiger partial charge in [0.2, 0.25) is 0 Å². The first-order valence-corrected chi connectivity index (χ1v) is 6.78. The monoisotopic (exact) mass is 258 g/mol. The molecular weight excluding hydrogens is 235 g/mol. The van der Waals surface area contributed by atoms with E-state index >= 15 is 0 Å². The van der Waals surface area contributed by atoms with Crippen molar-refractivity contribution < 1.29 is 9.31 Å². The van der Waals surface area contributed by atoms with Gasteiger partial charge < -0.3 is 9.31 Å². The Labute approximate surface area is 117 Å². The van der Waals surface area contributed by atoms with Crippen molar-refractivity contribution in [1.29, 1.82) is 0 Å². The van der Waals surface area contributed by atoms with Gasteiger partial charge in [0.05, 0.1) is 11.2 Å². The molecule has 1 aliphatic rings. The first-order chi connectivity index (χ1) is 8.86. The molecule has 2 rings (SSSR count). The average Bonchev–Trinajstić information content (AvgIpc) is 2.61. The summed E-state index contributed by atoms with van der Waals surface area (Å²) in [5, 5.41) is 0. The lowest BCUT2D eigenvalue weighted by Gasteiger charge is -2.32. The van der Waals surface area contributed by atoms with Crippen LogP contribution in [-0.2, 0) is 9.31 Å². The fourth-order valence-corrected chi connectivity index (χ4v) is 1.72. The highest BCUT2D eigenvalue weighted by Gasteiger charge is 2.51. The highest BCUT2D eigenvalue weighted by molar-refractivity contribution is 6.62. The van der Waals surface area contributed by atoms with Gasteiger partial charge in [-0.05, 0) is 45.3 Å². The second-order valence-corrected chi connectivity index (χ2v) is 5.35. The molecule has 1 saturated heterocycles. The molecule has 1 aliphatic heterocycles. The Morgan fingerprint density at radius 1 is 0.947 bits per heavy atom. The Morgan fingerprint density at radius 3 is 1.74 bits per heavy atom. The maximum Gasteiger partial charge on any atom is 0.494 e. The third kappa shape index (κ3) is 3.21. The van der Waals surface area contributed by atoms with E-state index < -0.39 is 0 Å². The predicted octanol–water partition coefficient (Wildman–Crippen LogP) is 2.99. The molecule has 0 atom stereocenters. The zero-order valence-electron chi connectivity index (χ0n) is 12.8. The molecule has 3 heteroatoms. The maximum absolute atomic E-state index is 5.95. The average molecular weight is 258 g/mol. The van der Waals surface area contributed by atoms with Crippen molar-refractivity contribution in [2.24, 2.45) is 0 Å². The van der Waals surface area contributed by atoms with Crippen molar-refractivity contribution in [3.8, 4) is 12.3 Å². The lowest BCUT2D eigenvalue weighted by Crippen LogP contribution is -2.41. The molecule has 1 fully saturated rings. The van der Waals surface area contributed by atoms with Crippen LogP contribution >= 0.6 is 0 Å². The predicted molar refractivity (Wildman–Crippen MR) is 81.4 cm³/mol. The first kappa shape index (κ1) is 15.8. The van der Waals surface area contributed by atoms with Crippen LogP contribution in [0.5, 0.6) is 0 Å². The molecule has 1 heterocycles. The summed E-state index contributed by atoms with van der Waals surface area (Å²) in [6, 6.07) is 7.72. The largest absolute Gasteiger partial charge is 0.494 e. The molecule has 102 valence electrons. The van der Waals surface area contributed by atoms with Gasteiger partial charge in [-0.2, -0.15) is 0 Å². The zero-order valence-corrected chi connectivity index (χ0v) is 12.8. The van der Waals surface area contributed by atoms with Crippen molar-refractivity contribution in [3.05, 3.63) is 29.8 Å². The van der Waals surface area contributed by atoms with Gasteiger partial charge in [-0.15, -0.1) is 6.42 Å². The van der Waals surface area contributed by atoms with Crippen LogP contribution in [0.2, 0.25) is 0 Å². The summed E-state index contributed by atoms with van der Waals surface area (Å²) in [6.07, 6.45) is 5.33. The van der Waals surface area contributed by atoms with E-state index in [9.17, 15) is 0 Å². The van der Waals surface area contributed by atoms with E-state index in [1.165, 1.54) is 0 Å². The van der Waals surface area contributed by atoms with Crippen molar-refractivity contribution in [1.82, 2.24) is 0 Å². The second kappa shape index (κ2) is 5.82. The molecule has 0 aliphatic carbocycles. The number of terminal acetylenes is 1. The summed E-state index contributed by atoms with van der Waals surface area (Å²) in [4.78, 5) is 0. The van der Waals surface area contributed by atoms with Gasteiger partial charge in [0, 0.05) is 5.56 Å². The number of benzene rings is 1. The number of hydrogen-bond acceptors (Lipinski definition) is 2. The first-order valence-electron chi connectivity index (χ1n) is 6.78. The summed E-state index contributed by atoms with van der Waals surface area (Å²) in [5.41, 5.74) is 1.26. The van der Waals surface area contributed by atoms with Gasteiger partial charge in [-0.3, -0.25) is 0 Å². The van der Waals surface area contributed by atoms with Gasteiger partial charge in [0.25, 0.3) is 0 Å². The third-order valence-electron chi connectivity index (χ3n) is 3.60. The van der Waals surface area contributed by atoms with E-state index in [0.717, 1.165) is 11.0 Å². The van der Waals surface area contributed by atoms with Crippen LogP contribution in [0.3, 0.4) is 0 Å². The molecular formula is C16H23BO2. The van der Waals surface area contributed by atoms with Gasteiger partial charge >= 0.3 is 7.12 Å². The maximum atomic E-state index is 5.95. The molecule has 0 unspecified atom stereocenters. The van der Waals surface area contributed by atoms with E-state index in [1.54, 1.807) is 0 Å². The lowest BCUT2D eigenvalue weighted by atomic mass is 9.79. The fourth-order valence-electron chi connectivity index (χ4n) is 1.72. The Morgan fingerprint density at radius 2 is 1.37 bits per heavy atom. The van der Waals surface area contributed by atoms with Crippen LogP contribution < -0.4 is 5.46 Å². The van der Waals surface area contributed by atoms with Crippen LogP contribution in [0.4, 0.5) is 0 Å². The molecule has 1 aromatic rings. The molecule has 0 spiro atoms.